The number of carboxylic acids is 1. The van der Waals surface area contributed by atoms with E-state index in [1.54, 1.807) is 6.92 Å². The highest BCUT2D eigenvalue weighted by molar-refractivity contribution is 7.89. The number of nitro groups is 1. The van der Waals surface area contributed by atoms with E-state index in [2.05, 4.69) is 5.16 Å². The van der Waals surface area contributed by atoms with E-state index in [9.17, 15) is 23.3 Å². The van der Waals surface area contributed by atoms with Crippen LogP contribution in [0.2, 0.25) is 0 Å². The molecule has 0 saturated carbocycles. The van der Waals surface area contributed by atoms with Crippen molar-refractivity contribution in [2.75, 3.05) is 13.1 Å². The Morgan fingerprint density at radius 2 is 2.04 bits per heavy atom. The van der Waals surface area contributed by atoms with Crippen LogP contribution in [0.1, 0.15) is 24.8 Å². The Bertz CT molecular complexity index is 902. The molecule has 2 aliphatic heterocycles. The molecule has 140 valence electrons. The van der Waals surface area contributed by atoms with Crippen molar-refractivity contribution in [1.82, 2.24) is 4.31 Å². The molecule has 0 amide bonds. The van der Waals surface area contributed by atoms with Gasteiger partial charge in [-0.25, -0.2) is 13.2 Å². The molecular weight excluding hydrogens is 366 g/mol. The van der Waals surface area contributed by atoms with Crippen molar-refractivity contribution >= 4 is 27.4 Å². The largest absolute Gasteiger partial charge is 0.477 e. The van der Waals surface area contributed by atoms with Gasteiger partial charge in [0.2, 0.25) is 10.0 Å². The number of nitrogens with zero attached hydrogens (tertiary/aromatic N) is 3. The average Bonchev–Trinajstić information content (AvgIpc) is 2.99. The lowest BCUT2D eigenvalue weighted by Gasteiger charge is -2.36. The second-order valence-electron chi connectivity index (χ2n) is 6.41. The van der Waals surface area contributed by atoms with Gasteiger partial charge in [-0.3, -0.25) is 10.1 Å². The summed E-state index contributed by atoms with van der Waals surface area (Å²) in [4.78, 5) is 26.5. The molecule has 1 aromatic carbocycles. The number of benzene rings is 1. The van der Waals surface area contributed by atoms with E-state index in [4.69, 9.17) is 9.94 Å². The number of sulfonamides is 1. The smallest absolute Gasteiger partial charge is 0.353 e. The van der Waals surface area contributed by atoms with Gasteiger partial charge in [-0.1, -0.05) is 11.2 Å². The first kappa shape index (κ1) is 18.3. The zero-order chi connectivity index (χ0) is 19.1. The van der Waals surface area contributed by atoms with Gasteiger partial charge in [0.1, 0.15) is 5.60 Å². The summed E-state index contributed by atoms with van der Waals surface area (Å²) in [6.45, 7) is 1.81. The fourth-order valence-corrected chi connectivity index (χ4v) is 4.84. The number of hydrogen-bond donors (Lipinski definition) is 1. The lowest BCUT2D eigenvalue weighted by atomic mass is 9.88. The molecule has 10 nitrogen and oxygen atoms in total. The second kappa shape index (κ2) is 6.32. The Morgan fingerprint density at radius 1 is 1.38 bits per heavy atom. The third kappa shape index (κ3) is 3.15. The van der Waals surface area contributed by atoms with Crippen molar-refractivity contribution in [3.63, 3.8) is 0 Å². The van der Waals surface area contributed by atoms with E-state index in [1.165, 1.54) is 16.4 Å². The van der Waals surface area contributed by atoms with Crippen LogP contribution in [0.5, 0.6) is 0 Å². The van der Waals surface area contributed by atoms with Crippen molar-refractivity contribution in [1.29, 1.82) is 0 Å². The highest BCUT2D eigenvalue weighted by Crippen LogP contribution is 2.37. The van der Waals surface area contributed by atoms with E-state index in [-0.39, 0.29) is 35.8 Å². The summed E-state index contributed by atoms with van der Waals surface area (Å²) in [6.07, 6.45) is 0.715. The molecule has 1 spiro atoms. The first-order valence-electron chi connectivity index (χ1n) is 7.88. The number of aryl methyl sites for hydroxylation is 1. The van der Waals surface area contributed by atoms with Crippen LogP contribution in [0.25, 0.3) is 0 Å². The number of carboxylic acid groups (broad SMARTS) is 1. The Hall–Kier alpha value is -2.53. The number of nitro benzene ring substituents is 1. The van der Waals surface area contributed by atoms with Crippen molar-refractivity contribution in [2.24, 2.45) is 5.16 Å². The molecule has 26 heavy (non-hydrogen) atoms. The fraction of sp³-hybridized carbons (Fsp3) is 0.467. The zero-order valence-electron chi connectivity index (χ0n) is 13.9. The zero-order valence-corrected chi connectivity index (χ0v) is 14.7. The molecule has 2 heterocycles. The van der Waals surface area contributed by atoms with Gasteiger partial charge in [-0.15, -0.1) is 0 Å². The molecule has 0 aromatic heterocycles. The quantitative estimate of drug-likeness (QED) is 0.610. The molecule has 0 radical (unpaired) electrons. The molecule has 1 saturated heterocycles. The standard InChI is InChI=1S/C15H17N3O7S/c1-10-2-3-11(18(21)22)8-13(10)26(23,24)17-6-4-15(5-7-17)9-12(14(19)20)16-25-15/h2-3,8H,4-7,9H2,1H3,(H,19,20). The molecule has 1 aromatic rings. The van der Waals surface area contributed by atoms with E-state index in [0.717, 1.165) is 6.07 Å². The molecule has 0 unspecified atom stereocenters. The third-order valence-electron chi connectivity index (χ3n) is 4.72. The normalized spacial score (nSPS) is 19.8. The number of hydrogen-bond acceptors (Lipinski definition) is 7. The fourth-order valence-electron chi connectivity index (χ4n) is 3.16. The predicted molar refractivity (Wildman–Crippen MR) is 89.3 cm³/mol. The summed E-state index contributed by atoms with van der Waals surface area (Å²) >= 11 is 0. The lowest BCUT2D eigenvalue weighted by Crippen LogP contribution is -2.47. The van der Waals surface area contributed by atoms with Gasteiger partial charge in [-0.2, -0.15) is 4.31 Å². The highest BCUT2D eigenvalue weighted by Gasteiger charge is 2.46. The van der Waals surface area contributed by atoms with Crippen LogP contribution in [0.4, 0.5) is 5.69 Å². The minimum atomic E-state index is -3.91. The number of aliphatic carboxylic acids is 1. The van der Waals surface area contributed by atoms with E-state index in [0.29, 0.717) is 18.4 Å². The van der Waals surface area contributed by atoms with Gasteiger partial charge in [0.15, 0.2) is 5.71 Å². The Balaban J connectivity index is 1.78. The van der Waals surface area contributed by atoms with Crippen LogP contribution in [-0.4, -0.2) is 53.1 Å². The van der Waals surface area contributed by atoms with Crippen molar-refractivity contribution in [3.05, 3.63) is 33.9 Å². The summed E-state index contributed by atoms with van der Waals surface area (Å²) in [6, 6.07) is 3.73. The van der Waals surface area contributed by atoms with E-state index < -0.39 is 26.5 Å². The first-order chi connectivity index (χ1) is 12.1. The van der Waals surface area contributed by atoms with Gasteiger partial charge in [-0.05, 0) is 12.5 Å². The van der Waals surface area contributed by atoms with E-state index in [1.807, 2.05) is 0 Å². The van der Waals surface area contributed by atoms with Gasteiger partial charge >= 0.3 is 5.97 Å². The first-order valence-corrected chi connectivity index (χ1v) is 9.32. The topological polar surface area (TPSA) is 139 Å². The number of carbonyl (C=O) groups is 1. The average molecular weight is 383 g/mol. The van der Waals surface area contributed by atoms with Crippen LogP contribution in [-0.2, 0) is 19.7 Å². The monoisotopic (exact) mass is 383 g/mol. The minimum absolute atomic E-state index is 0.0733. The van der Waals surface area contributed by atoms with Crippen molar-refractivity contribution in [2.45, 2.75) is 36.7 Å². The number of piperidine rings is 1. The molecule has 11 heteroatoms. The van der Waals surface area contributed by atoms with Crippen LogP contribution in [0.3, 0.4) is 0 Å². The van der Waals surface area contributed by atoms with Gasteiger partial charge in [0, 0.05) is 44.5 Å². The Morgan fingerprint density at radius 3 is 2.58 bits per heavy atom. The van der Waals surface area contributed by atoms with Crippen molar-refractivity contribution in [3.8, 4) is 0 Å². The molecule has 1 N–H and O–H groups in total. The van der Waals surface area contributed by atoms with Crippen LogP contribution in [0, 0.1) is 17.0 Å². The molecule has 0 aliphatic carbocycles. The van der Waals surface area contributed by atoms with Crippen LogP contribution in [0.15, 0.2) is 28.3 Å². The van der Waals surface area contributed by atoms with Gasteiger partial charge in [0.25, 0.3) is 5.69 Å². The van der Waals surface area contributed by atoms with Crippen LogP contribution < -0.4 is 0 Å². The molecule has 1 fully saturated rings. The number of non-ortho nitro benzene ring substituents is 1. The maximum absolute atomic E-state index is 12.9. The van der Waals surface area contributed by atoms with Gasteiger partial charge < -0.3 is 9.94 Å². The summed E-state index contributed by atoms with van der Waals surface area (Å²) in [5.41, 5.74) is -0.737. The highest BCUT2D eigenvalue weighted by atomic mass is 32.2. The molecule has 2 aliphatic rings. The Kier molecular flexibility index (Phi) is 4.44. The lowest BCUT2D eigenvalue weighted by molar-refractivity contribution is -0.385. The van der Waals surface area contributed by atoms with Gasteiger partial charge in [0.05, 0.1) is 9.82 Å². The maximum atomic E-state index is 12.9. The summed E-state index contributed by atoms with van der Waals surface area (Å²) in [5.74, 6) is -1.15. The molecule has 0 bridgehead atoms. The molecular formula is C15H17N3O7S. The minimum Gasteiger partial charge on any atom is -0.477 e. The molecule has 3 rings (SSSR count). The summed E-state index contributed by atoms with van der Waals surface area (Å²) in [5, 5.41) is 23.5. The van der Waals surface area contributed by atoms with Crippen molar-refractivity contribution < 1.29 is 28.1 Å². The molecule has 0 atom stereocenters. The second-order valence-corrected chi connectivity index (χ2v) is 8.31. The van der Waals surface area contributed by atoms with Crippen LogP contribution >= 0.6 is 0 Å². The third-order valence-corrected chi connectivity index (χ3v) is 6.76. The number of oxime groups is 1. The number of rotatable bonds is 4. The maximum Gasteiger partial charge on any atom is 0.353 e. The predicted octanol–water partition coefficient (Wildman–Crippen LogP) is 1.29. The summed E-state index contributed by atoms with van der Waals surface area (Å²) in [7, 11) is -3.91. The SMILES string of the molecule is Cc1ccc([N+](=O)[O-])cc1S(=O)(=O)N1CCC2(CC1)CC(C(=O)O)=NO2. The van der Waals surface area contributed by atoms with E-state index >= 15 is 0 Å². The Labute approximate surface area is 149 Å². The summed E-state index contributed by atoms with van der Waals surface area (Å²) < 4.78 is 27.0.